The van der Waals surface area contributed by atoms with Crippen LogP contribution in [-0.4, -0.2) is 38.4 Å². The molecule has 0 unspecified atom stereocenters. The van der Waals surface area contributed by atoms with Crippen molar-refractivity contribution in [1.82, 2.24) is 10.3 Å². The maximum absolute atomic E-state index is 5.64. The minimum Gasteiger partial charge on any atom is -0.489 e. The van der Waals surface area contributed by atoms with Crippen LogP contribution in [0.25, 0.3) is 0 Å². The number of hydrogen-bond donors (Lipinski definition) is 2. The van der Waals surface area contributed by atoms with Crippen LogP contribution >= 0.6 is 0 Å². The molecule has 1 rings (SSSR count). The second-order valence-electron chi connectivity index (χ2n) is 2.98. The fourth-order valence-corrected chi connectivity index (χ4v) is 1.01. The molecule has 0 saturated heterocycles. The van der Waals surface area contributed by atoms with Crippen LogP contribution in [0.5, 0.6) is 5.75 Å². The Morgan fingerprint density at radius 3 is 3.00 bits per heavy atom. The number of likely N-dealkylation sites (N-methyl/N-ethyl adjacent to an activating group) is 1. The van der Waals surface area contributed by atoms with E-state index in [4.69, 9.17) is 15.2 Å². The molecule has 1 aromatic heterocycles. The molecule has 15 heavy (non-hydrogen) atoms. The number of nitrogens with one attached hydrogen (secondary N) is 1. The molecule has 0 aliphatic heterocycles. The lowest BCUT2D eigenvalue weighted by Crippen LogP contribution is -2.16. The highest BCUT2D eigenvalue weighted by atomic mass is 16.5. The molecule has 84 valence electrons. The Hall–Kier alpha value is -1.33. The molecule has 0 radical (unpaired) electrons. The fraction of sp³-hybridized carbons (Fsp3) is 0.500. The van der Waals surface area contributed by atoms with Crippen molar-refractivity contribution in [3.8, 4) is 5.75 Å². The van der Waals surface area contributed by atoms with Crippen molar-refractivity contribution >= 4 is 5.69 Å². The van der Waals surface area contributed by atoms with Crippen molar-refractivity contribution in [3.63, 3.8) is 0 Å². The van der Waals surface area contributed by atoms with Gasteiger partial charge in [-0.05, 0) is 7.05 Å². The molecule has 0 saturated carbocycles. The predicted molar refractivity (Wildman–Crippen MR) is 58.9 cm³/mol. The Labute approximate surface area is 89.6 Å². The van der Waals surface area contributed by atoms with Crippen LogP contribution in [0.15, 0.2) is 18.5 Å². The van der Waals surface area contributed by atoms with Gasteiger partial charge in [-0.2, -0.15) is 0 Å². The maximum atomic E-state index is 5.64. The van der Waals surface area contributed by atoms with Crippen molar-refractivity contribution in [2.75, 3.05) is 39.1 Å². The first-order valence-electron chi connectivity index (χ1n) is 4.89. The van der Waals surface area contributed by atoms with Gasteiger partial charge in [0.1, 0.15) is 12.4 Å². The summed E-state index contributed by atoms with van der Waals surface area (Å²) in [4.78, 5) is 3.87. The molecule has 0 atom stereocenters. The SMILES string of the molecule is CNCCOCCOc1ccncc1N. The molecule has 0 aliphatic carbocycles. The zero-order valence-electron chi connectivity index (χ0n) is 8.90. The van der Waals surface area contributed by atoms with Gasteiger partial charge in [0.25, 0.3) is 0 Å². The van der Waals surface area contributed by atoms with Gasteiger partial charge in [0.2, 0.25) is 0 Å². The Bertz CT molecular complexity index is 281. The topological polar surface area (TPSA) is 69.4 Å². The van der Waals surface area contributed by atoms with Crippen LogP contribution in [0.1, 0.15) is 0 Å². The summed E-state index contributed by atoms with van der Waals surface area (Å²) in [5.74, 6) is 0.655. The summed E-state index contributed by atoms with van der Waals surface area (Å²) < 4.78 is 10.7. The number of rotatable bonds is 7. The first kappa shape index (κ1) is 11.7. The maximum Gasteiger partial charge on any atom is 0.145 e. The average Bonchev–Trinajstić information content (AvgIpc) is 2.25. The lowest BCUT2D eigenvalue weighted by molar-refractivity contribution is 0.103. The third-order valence-corrected chi connectivity index (χ3v) is 1.79. The van der Waals surface area contributed by atoms with Gasteiger partial charge in [0.05, 0.1) is 25.1 Å². The molecule has 5 heteroatoms. The van der Waals surface area contributed by atoms with Crippen LogP contribution in [0.2, 0.25) is 0 Å². The first-order valence-corrected chi connectivity index (χ1v) is 4.89. The Morgan fingerprint density at radius 2 is 2.27 bits per heavy atom. The van der Waals surface area contributed by atoms with Crippen LogP contribution in [0.3, 0.4) is 0 Å². The number of anilines is 1. The molecular formula is C10H17N3O2. The zero-order valence-corrected chi connectivity index (χ0v) is 8.90. The van der Waals surface area contributed by atoms with Gasteiger partial charge in [-0.25, -0.2) is 0 Å². The van der Waals surface area contributed by atoms with E-state index in [1.165, 1.54) is 0 Å². The summed E-state index contributed by atoms with van der Waals surface area (Å²) in [5.41, 5.74) is 6.19. The molecule has 1 aromatic rings. The third kappa shape index (κ3) is 4.62. The number of pyridine rings is 1. The standard InChI is InChI=1S/C10H17N3O2/c1-12-4-5-14-6-7-15-10-2-3-13-8-9(10)11/h2-3,8,12H,4-7,11H2,1H3. The summed E-state index contributed by atoms with van der Waals surface area (Å²) >= 11 is 0. The Balaban J connectivity index is 2.12. The summed E-state index contributed by atoms with van der Waals surface area (Å²) in [6, 6.07) is 1.74. The normalized spacial score (nSPS) is 10.2. The quantitative estimate of drug-likeness (QED) is 0.634. The number of nitrogen functional groups attached to an aromatic ring is 1. The third-order valence-electron chi connectivity index (χ3n) is 1.79. The Morgan fingerprint density at radius 1 is 1.40 bits per heavy atom. The van der Waals surface area contributed by atoms with Gasteiger partial charge in [-0.3, -0.25) is 4.98 Å². The number of ether oxygens (including phenoxy) is 2. The molecule has 0 aliphatic rings. The van der Waals surface area contributed by atoms with Crippen molar-refractivity contribution in [2.45, 2.75) is 0 Å². The van der Waals surface area contributed by atoms with Crippen molar-refractivity contribution in [3.05, 3.63) is 18.5 Å². The molecule has 1 heterocycles. The minimum atomic E-state index is 0.498. The van der Waals surface area contributed by atoms with Crippen LogP contribution in [-0.2, 0) is 4.74 Å². The Kier molecular flexibility index (Phi) is 5.50. The van der Waals surface area contributed by atoms with Crippen LogP contribution < -0.4 is 15.8 Å². The highest BCUT2D eigenvalue weighted by Gasteiger charge is 1.98. The molecule has 0 spiro atoms. The molecule has 3 N–H and O–H groups in total. The van der Waals surface area contributed by atoms with E-state index < -0.39 is 0 Å². The predicted octanol–water partition coefficient (Wildman–Crippen LogP) is 0.279. The van der Waals surface area contributed by atoms with Crippen molar-refractivity contribution in [2.24, 2.45) is 0 Å². The smallest absolute Gasteiger partial charge is 0.145 e. The summed E-state index contributed by atoms with van der Waals surface area (Å²) in [6.07, 6.45) is 3.21. The summed E-state index contributed by atoms with van der Waals surface area (Å²) in [6.45, 7) is 2.59. The monoisotopic (exact) mass is 211 g/mol. The van der Waals surface area contributed by atoms with Crippen LogP contribution in [0, 0.1) is 0 Å². The number of nitrogens with zero attached hydrogens (tertiary/aromatic N) is 1. The van der Waals surface area contributed by atoms with Crippen molar-refractivity contribution in [1.29, 1.82) is 0 Å². The molecule has 0 amide bonds. The van der Waals surface area contributed by atoms with E-state index in [1.54, 1.807) is 18.5 Å². The fourth-order valence-electron chi connectivity index (χ4n) is 1.01. The zero-order chi connectivity index (χ0) is 10.9. The second kappa shape index (κ2) is 7.03. The first-order chi connectivity index (χ1) is 7.34. The highest BCUT2D eigenvalue weighted by Crippen LogP contribution is 2.17. The number of aromatic nitrogens is 1. The highest BCUT2D eigenvalue weighted by molar-refractivity contribution is 5.49. The van der Waals surface area contributed by atoms with E-state index in [0.29, 0.717) is 31.3 Å². The van der Waals surface area contributed by atoms with Gasteiger partial charge in [0, 0.05) is 18.8 Å². The summed E-state index contributed by atoms with van der Waals surface area (Å²) in [5, 5.41) is 2.99. The van der Waals surface area contributed by atoms with E-state index in [1.807, 2.05) is 7.05 Å². The number of nitrogens with two attached hydrogens (primary N) is 1. The number of hydrogen-bond acceptors (Lipinski definition) is 5. The average molecular weight is 211 g/mol. The van der Waals surface area contributed by atoms with E-state index in [2.05, 4.69) is 10.3 Å². The minimum absolute atomic E-state index is 0.498. The molecule has 5 nitrogen and oxygen atoms in total. The van der Waals surface area contributed by atoms with E-state index in [9.17, 15) is 0 Å². The van der Waals surface area contributed by atoms with Crippen molar-refractivity contribution < 1.29 is 9.47 Å². The van der Waals surface area contributed by atoms with Gasteiger partial charge in [-0.1, -0.05) is 0 Å². The van der Waals surface area contributed by atoms with Gasteiger partial charge in [0.15, 0.2) is 0 Å². The lowest BCUT2D eigenvalue weighted by atomic mass is 10.4. The van der Waals surface area contributed by atoms with E-state index >= 15 is 0 Å². The van der Waals surface area contributed by atoms with E-state index in [-0.39, 0.29) is 0 Å². The molecular weight excluding hydrogens is 194 g/mol. The second-order valence-corrected chi connectivity index (χ2v) is 2.98. The summed E-state index contributed by atoms with van der Waals surface area (Å²) in [7, 11) is 1.89. The van der Waals surface area contributed by atoms with Crippen LogP contribution in [0.4, 0.5) is 5.69 Å². The lowest BCUT2D eigenvalue weighted by Gasteiger charge is -2.08. The molecule has 0 fully saturated rings. The largest absolute Gasteiger partial charge is 0.489 e. The molecule has 0 bridgehead atoms. The van der Waals surface area contributed by atoms with Gasteiger partial charge >= 0.3 is 0 Å². The molecule has 0 aromatic carbocycles. The van der Waals surface area contributed by atoms with Gasteiger partial charge in [-0.15, -0.1) is 0 Å². The van der Waals surface area contributed by atoms with E-state index in [0.717, 1.165) is 6.54 Å². The van der Waals surface area contributed by atoms with Gasteiger partial charge < -0.3 is 20.5 Å².